The largest absolute Gasteiger partial charge is 0.356 e. The van der Waals surface area contributed by atoms with Gasteiger partial charge in [-0.15, -0.1) is 0 Å². The Bertz CT molecular complexity index is 469. The SMILES string of the molecule is CC(=O)NCC1CCCN(C(=O)c2cc(C)[nH]n2)C1. The fraction of sp³-hybridized carbons (Fsp3) is 0.615. The van der Waals surface area contributed by atoms with Gasteiger partial charge < -0.3 is 10.2 Å². The third kappa shape index (κ3) is 3.56. The first-order valence-corrected chi connectivity index (χ1v) is 6.62. The smallest absolute Gasteiger partial charge is 0.274 e. The van der Waals surface area contributed by atoms with E-state index in [4.69, 9.17) is 0 Å². The molecule has 2 amide bonds. The summed E-state index contributed by atoms with van der Waals surface area (Å²) in [6.07, 6.45) is 2.02. The van der Waals surface area contributed by atoms with Crippen LogP contribution in [0.1, 0.15) is 35.9 Å². The third-order valence-corrected chi connectivity index (χ3v) is 3.37. The monoisotopic (exact) mass is 264 g/mol. The van der Waals surface area contributed by atoms with Crippen molar-refractivity contribution in [2.24, 2.45) is 5.92 Å². The Morgan fingerprint density at radius 1 is 1.58 bits per heavy atom. The number of amides is 2. The van der Waals surface area contributed by atoms with Gasteiger partial charge in [-0.3, -0.25) is 14.7 Å². The maximum atomic E-state index is 12.3. The summed E-state index contributed by atoms with van der Waals surface area (Å²) in [5.41, 5.74) is 1.35. The van der Waals surface area contributed by atoms with Gasteiger partial charge in [0.2, 0.25) is 5.91 Å². The number of aromatic amines is 1. The lowest BCUT2D eigenvalue weighted by Gasteiger charge is -2.32. The van der Waals surface area contributed by atoms with Crippen LogP contribution in [0.15, 0.2) is 6.07 Å². The fourth-order valence-corrected chi connectivity index (χ4v) is 2.39. The first kappa shape index (κ1) is 13.6. The maximum absolute atomic E-state index is 12.3. The van der Waals surface area contributed by atoms with Gasteiger partial charge in [-0.2, -0.15) is 5.10 Å². The fourth-order valence-electron chi connectivity index (χ4n) is 2.39. The zero-order valence-corrected chi connectivity index (χ0v) is 11.4. The van der Waals surface area contributed by atoms with Gasteiger partial charge in [-0.05, 0) is 31.7 Å². The number of carbonyl (C=O) groups is 2. The van der Waals surface area contributed by atoms with Crippen molar-refractivity contribution >= 4 is 11.8 Å². The molecule has 1 fully saturated rings. The second kappa shape index (κ2) is 5.86. The van der Waals surface area contributed by atoms with Gasteiger partial charge >= 0.3 is 0 Å². The predicted octanol–water partition coefficient (Wildman–Crippen LogP) is 0.706. The molecule has 1 unspecified atom stereocenters. The van der Waals surface area contributed by atoms with Crippen LogP contribution in [0.25, 0.3) is 0 Å². The van der Waals surface area contributed by atoms with Gasteiger partial charge in [0.15, 0.2) is 0 Å². The highest BCUT2D eigenvalue weighted by Crippen LogP contribution is 2.17. The molecule has 0 aliphatic carbocycles. The molecule has 1 aliphatic rings. The Kier molecular flexibility index (Phi) is 4.19. The summed E-state index contributed by atoms with van der Waals surface area (Å²) in [5, 5.41) is 9.61. The molecule has 2 rings (SSSR count). The van der Waals surface area contributed by atoms with E-state index in [-0.39, 0.29) is 11.8 Å². The molecule has 0 saturated carbocycles. The topological polar surface area (TPSA) is 78.1 Å². The summed E-state index contributed by atoms with van der Waals surface area (Å²) in [5.74, 6) is 0.282. The van der Waals surface area contributed by atoms with Gasteiger partial charge in [0, 0.05) is 32.3 Å². The van der Waals surface area contributed by atoms with E-state index < -0.39 is 0 Å². The minimum absolute atomic E-state index is 0.0219. The van der Waals surface area contributed by atoms with Crippen LogP contribution in [0.5, 0.6) is 0 Å². The quantitative estimate of drug-likeness (QED) is 0.844. The molecule has 0 aromatic carbocycles. The van der Waals surface area contributed by atoms with Crippen molar-refractivity contribution in [3.63, 3.8) is 0 Å². The first-order valence-electron chi connectivity index (χ1n) is 6.62. The van der Waals surface area contributed by atoms with Crippen molar-refractivity contribution in [2.45, 2.75) is 26.7 Å². The predicted molar refractivity (Wildman–Crippen MR) is 70.6 cm³/mol. The first-order chi connectivity index (χ1) is 9.06. The number of aromatic nitrogens is 2. The van der Waals surface area contributed by atoms with Crippen LogP contribution in [0.2, 0.25) is 0 Å². The normalized spacial score (nSPS) is 19.3. The van der Waals surface area contributed by atoms with Gasteiger partial charge in [0.1, 0.15) is 5.69 Å². The minimum atomic E-state index is -0.0307. The Morgan fingerprint density at radius 2 is 2.37 bits per heavy atom. The summed E-state index contributed by atoms with van der Waals surface area (Å²) < 4.78 is 0. The average molecular weight is 264 g/mol. The molecule has 6 nitrogen and oxygen atoms in total. The van der Waals surface area contributed by atoms with E-state index in [2.05, 4.69) is 15.5 Å². The third-order valence-electron chi connectivity index (χ3n) is 3.37. The highest BCUT2D eigenvalue weighted by molar-refractivity contribution is 5.92. The molecule has 2 heterocycles. The lowest BCUT2D eigenvalue weighted by Crippen LogP contribution is -2.43. The highest BCUT2D eigenvalue weighted by atomic mass is 16.2. The number of nitrogens with one attached hydrogen (secondary N) is 2. The number of H-pyrrole nitrogens is 1. The molecule has 104 valence electrons. The van der Waals surface area contributed by atoms with Crippen LogP contribution in [-0.2, 0) is 4.79 Å². The highest BCUT2D eigenvalue weighted by Gasteiger charge is 2.25. The number of hydrogen-bond acceptors (Lipinski definition) is 3. The Hall–Kier alpha value is -1.85. The Morgan fingerprint density at radius 3 is 3.00 bits per heavy atom. The van der Waals surface area contributed by atoms with E-state index in [1.807, 2.05) is 11.8 Å². The summed E-state index contributed by atoms with van der Waals surface area (Å²) in [6.45, 7) is 5.48. The van der Waals surface area contributed by atoms with E-state index in [1.54, 1.807) is 6.07 Å². The lowest BCUT2D eigenvalue weighted by atomic mass is 9.97. The number of aryl methyl sites for hydroxylation is 1. The number of likely N-dealkylation sites (tertiary alicyclic amines) is 1. The van der Waals surface area contributed by atoms with Gasteiger partial charge in [-0.1, -0.05) is 0 Å². The summed E-state index contributed by atoms with van der Waals surface area (Å²) >= 11 is 0. The maximum Gasteiger partial charge on any atom is 0.274 e. The van der Waals surface area contributed by atoms with Gasteiger partial charge in [0.25, 0.3) is 5.91 Å². The number of piperidine rings is 1. The van der Waals surface area contributed by atoms with E-state index in [0.29, 0.717) is 24.7 Å². The summed E-state index contributed by atoms with van der Waals surface area (Å²) in [4.78, 5) is 25.0. The van der Waals surface area contributed by atoms with Crippen LogP contribution >= 0.6 is 0 Å². The molecule has 19 heavy (non-hydrogen) atoms. The molecule has 6 heteroatoms. The molecule has 1 aliphatic heterocycles. The van der Waals surface area contributed by atoms with Crippen molar-refractivity contribution in [2.75, 3.05) is 19.6 Å². The van der Waals surface area contributed by atoms with Gasteiger partial charge in [-0.25, -0.2) is 0 Å². The number of rotatable bonds is 3. The van der Waals surface area contributed by atoms with Crippen molar-refractivity contribution in [3.8, 4) is 0 Å². The van der Waals surface area contributed by atoms with Gasteiger partial charge in [0.05, 0.1) is 0 Å². The summed E-state index contributed by atoms with van der Waals surface area (Å²) in [7, 11) is 0. The van der Waals surface area contributed by atoms with Crippen LogP contribution < -0.4 is 5.32 Å². The molecule has 0 radical (unpaired) electrons. The zero-order valence-electron chi connectivity index (χ0n) is 11.4. The molecule has 1 aromatic rings. The second-order valence-corrected chi connectivity index (χ2v) is 5.13. The van der Waals surface area contributed by atoms with Crippen molar-refractivity contribution < 1.29 is 9.59 Å². The molecule has 0 spiro atoms. The molecular weight excluding hydrogens is 244 g/mol. The van der Waals surface area contributed by atoms with Crippen molar-refractivity contribution in [3.05, 3.63) is 17.5 Å². The number of hydrogen-bond donors (Lipinski definition) is 2. The summed E-state index contributed by atoms with van der Waals surface area (Å²) in [6, 6.07) is 1.76. The molecule has 1 saturated heterocycles. The minimum Gasteiger partial charge on any atom is -0.356 e. The molecule has 2 N–H and O–H groups in total. The molecular formula is C13H20N4O2. The van der Waals surface area contributed by atoms with Crippen LogP contribution in [0.4, 0.5) is 0 Å². The van der Waals surface area contributed by atoms with Crippen molar-refractivity contribution in [1.29, 1.82) is 0 Å². The Balaban J connectivity index is 1.93. The lowest BCUT2D eigenvalue weighted by molar-refractivity contribution is -0.119. The molecule has 0 bridgehead atoms. The second-order valence-electron chi connectivity index (χ2n) is 5.13. The zero-order chi connectivity index (χ0) is 13.8. The molecule has 1 atom stereocenters. The number of nitrogens with zero attached hydrogens (tertiary/aromatic N) is 2. The van der Waals surface area contributed by atoms with E-state index in [1.165, 1.54) is 6.92 Å². The average Bonchev–Trinajstić information content (AvgIpc) is 2.82. The van der Waals surface area contributed by atoms with Crippen LogP contribution in [0, 0.1) is 12.8 Å². The number of carbonyl (C=O) groups excluding carboxylic acids is 2. The standard InChI is InChI=1S/C13H20N4O2/c1-9-6-12(16-15-9)13(19)17-5-3-4-11(8-17)7-14-10(2)18/h6,11H,3-5,7-8H2,1-2H3,(H,14,18)(H,15,16). The van der Waals surface area contributed by atoms with Crippen LogP contribution in [0.3, 0.4) is 0 Å². The van der Waals surface area contributed by atoms with E-state index in [0.717, 1.165) is 25.1 Å². The molecule has 1 aromatic heterocycles. The van der Waals surface area contributed by atoms with E-state index >= 15 is 0 Å². The Labute approximate surface area is 112 Å². The van der Waals surface area contributed by atoms with Crippen molar-refractivity contribution in [1.82, 2.24) is 20.4 Å². The van der Waals surface area contributed by atoms with Crippen LogP contribution in [-0.4, -0.2) is 46.5 Å². The van der Waals surface area contributed by atoms with E-state index in [9.17, 15) is 9.59 Å².